The van der Waals surface area contributed by atoms with Crippen LogP contribution in [0.15, 0.2) is 60.3 Å². The third kappa shape index (κ3) is 3.53. The first-order chi connectivity index (χ1) is 15.3. The Morgan fingerprint density at radius 3 is 2.25 bits per heavy atom. The molecule has 0 N–H and O–H groups in total. The summed E-state index contributed by atoms with van der Waals surface area (Å²) in [5.41, 5.74) is -1.07. The van der Waals surface area contributed by atoms with Gasteiger partial charge in [0.15, 0.2) is 5.41 Å². The van der Waals surface area contributed by atoms with Crippen molar-refractivity contribution in [2.24, 2.45) is 23.2 Å². The number of hydrogen-bond donors (Lipinski definition) is 0. The number of nitrogens with zero attached hydrogens (tertiary/aromatic N) is 1. The van der Waals surface area contributed by atoms with Gasteiger partial charge < -0.3 is 23.8 Å². The molecule has 1 heterocycles. The topological polar surface area (TPSA) is 91.4 Å². The number of fused-ring (bicyclic) bond motifs is 1. The summed E-state index contributed by atoms with van der Waals surface area (Å²) >= 11 is 0. The number of carbonyl (C=O) groups excluding carboxylic acids is 3. The summed E-state index contributed by atoms with van der Waals surface area (Å²) in [6, 6.07) is -0.415. The average Bonchev–Trinajstić information content (AvgIpc) is 3.19. The lowest BCUT2D eigenvalue weighted by molar-refractivity contribution is -0.165. The highest BCUT2D eigenvalue weighted by atomic mass is 16.5. The molecule has 8 heteroatoms. The van der Waals surface area contributed by atoms with E-state index in [0.29, 0.717) is 17.1 Å². The van der Waals surface area contributed by atoms with Crippen LogP contribution < -0.4 is 0 Å². The number of carbonyl (C=O) groups is 3. The molecule has 3 unspecified atom stereocenters. The second-order valence-electron chi connectivity index (χ2n) is 8.02. The van der Waals surface area contributed by atoms with Gasteiger partial charge in [-0.1, -0.05) is 29.9 Å². The first-order valence-corrected chi connectivity index (χ1v) is 10.3. The van der Waals surface area contributed by atoms with E-state index in [1.165, 1.54) is 20.3 Å². The van der Waals surface area contributed by atoms with Gasteiger partial charge in [0.05, 0.1) is 46.3 Å². The van der Waals surface area contributed by atoms with Gasteiger partial charge in [0.25, 0.3) is 0 Å². The lowest BCUT2D eigenvalue weighted by Gasteiger charge is -2.43. The molecule has 0 bridgehead atoms. The number of hydrogen-bond acceptors (Lipinski definition) is 7. The van der Waals surface area contributed by atoms with Gasteiger partial charge in [0, 0.05) is 12.1 Å². The summed E-state index contributed by atoms with van der Waals surface area (Å²) in [5.74, 6) is -1.54. The molecule has 0 aromatic carbocycles. The van der Waals surface area contributed by atoms with Gasteiger partial charge in [-0.15, -0.1) is 6.58 Å². The molecule has 3 aliphatic rings. The van der Waals surface area contributed by atoms with E-state index in [9.17, 15) is 14.4 Å². The van der Waals surface area contributed by atoms with Gasteiger partial charge in [0.2, 0.25) is 5.91 Å². The Hall–Kier alpha value is -3.29. The zero-order valence-electron chi connectivity index (χ0n) is 19.0. The highest BCUT2D eigenvalue weighted by molar-refractivity contribution is 6.04. The highest BCUT2D eigenvalue weighted by Crippen LogP contribution is 2.46. The second kappa shape index (κ2) is 9.06. The number of amides is 1. The van der Waals surface area contributed by atoms with E-state index in [-0.39, 0.29) is 24.2 Å². The summed E-state index contributed by atoms with van der Waals surface area (Å²) in [4.78, 5) is 40.4. The van der Waals surface area contributed by atoms with Gasteiger partial charge in [-0.3, -0.25) is 14.4 Å². The Kier molecular flexibility index (Phi) is 6.62. The van der Waals surface area contributed by atoms with E-state index < -0.39 is 29.3 Å². The maximum Gasteiger partial charge on any atom is 0.327 e. The van der Waals surface area contributed by atoms with Crippen LogP contribution in [0.25, 0.3) is 0 Å². The van der Waals surface area contributed by atoms with Crippen LogP contribution >= 0.6 is 0 Å². The molecule has 4 atom stereocenters. The molecule has 0 spiro atoms. The molecule has 1 amide bonds. The molecular weight excluding hydrogens is 414 g/mol. The fraction of sp³-hybridized carbons (Fsp3) is 0.458. The summed E-state index contributed by atoms with van der Waals surface area (Å²) in [6.07, 6.45) is 10.5. The Balaban J connectivity index is 2.01. The fourth-order valence-corrected chi connectivity index (χ4v) is 4.90. The van der Waals surface area contributed by atoms with E-state index in [2.05, 4.69) is 6.58 Å². The van der Waals surface area contributed by atoms with Crippen LogP contribution in [0, 0.1) is 23.2 Å². The second-order valence-corrected chi connectivity index (χ2v) is 8.02. The minimum atomic E-state index is -1.66. The molecule has 0 aromatic heterocycles. The van der Waals surface area contributed by atoms with Gasteiger partial charge in [-0.25, -0.2) is 0 Å². The van der Waals surface area contributed by atoms with Crippen LogP contribution in [0.1, 0.15) is 13.3 Å². The predicted octanol–water partition coefficient (Wildman–Crippen LogP) is 2.50. The van der Waals surface area contributed by atoms with E-state index in [4.69, 9.17) is 18.9 Å². The van der Waals surface area contributed by atoms with Crippen molar-refractivity contribution in [3.8, 4) is 0 Å². The molecule has 1 aliphatic heterocycles. The van der Waals surface area contributed by atoms with Gasteiger partial charge in [0.1, 0.15) is 11.5 Å². The van der Waals surface area contributed by atoms with E-state index in [1.54, 1.807) is 38.3 Å². The molecule has 0 aromatic rings. The Morgan fingerprint density at radius 2 is 1.72 bits per heavy atom. The van der Waals surface area contributed by atoms with Crippen molar-refractivity contribution in [3.05, 3.63) is 60.3 Å². The SMILES string of the molecule is C=CC1C2C(OC)=CC=CC2C(OC)=CN1C(=O)[C@@H]1CC(C(=O)OC)(C(=O)OC)C=C1C. The third-order valence-corrected chi connectivity index (χ3v) is 6.49. The summed E-state index contributed by atoms with van der Waals surface area (Å²) in [5, 5.41) is 0. The molecular formula is C24H29NO7. The third-order valence-electron chi connectivity index (χ3n) is 6.49. The van der Waals surface area contributed by atoms with Crippen molar-refractivity contribution >= 4 is 17.8 Å². The summed E-state index contributed by atoms with van der Waals surface area (Å²) in [6.45, 7) is 5.67. The number of esters is 2. The lowest BCUT2D eigenvalue weighted by atomic mass is 9.76. The van der Waals surface area contributed by atoms with Crippen LogP contribution in [0.4, 0.5) is 0 Å². The van der Waals surface area contributed by atoms with E-state index >= 15 is 0 Å². The molecule has 0 saturated heterocycles. The maximum absolute atomic E-state index is 13.8. The van der Waals surface area contributed by atoms with Crippen molar-refractivity contribution < 1.29 is 33.3 Å². The van der Waals surface area contributed by atoms with Crippen LogP contribution in [0.3, 0.4) is 0 Å². The van der Waals surface area contributed by atoms with Crippen LogP contribution in [0.2, 0.25) is 0 Å². The Labute approximate surface area is 187 Å². The van der Waals surface area contributed by atoms with Crippen LogP contribution in [0.5, 0.6) is 0 Å². The van der Waals surface area contributed by atoms with Gasteiger partial charge in [-0.05, 0) is 19.4 Å². The quantitative estimate of drug-likeness (QED) is 0.354. The summed E-state index contributed by atoms with van der Waals surface area (Å²) < 4.78 is 20.9. The zero-order valence-corrected chi connectivity index (χ0v) is 19.0. The maximum atomic E-state index is 13.8. The molecule has 0 radical (unpaired) electrons. The predicted molar refractivity (Wildman–Crippen MR) is 115 cm³/mol. The van der Waals surface area contributed by atoms with Crippen LogP contribution in [-0.2, 0) is 33.3 Å². The number of methoxy groups -OCH3 is 4. The van der Waals surface area contributed by atoms with Gasteiger partial charge in [-0.2, -0.15) is 0 Å². The molecule has 32 heavy (non-hydrogen) atoms. The number of ether oxygens (including phenoxy) is 4. The standard InChI is InChI=1S/C24H29NO7/c1-7-17-20-15(9-8-10-18(20)29-3)19(30-4)13-25(17)21(26)16-12-24(11-14(16)2,22(27)31-5)23(28)32-6/h7-11,13,15-17,20H,1,12H2,2-6H3/t15?,16-,17?,20?/m1/s1. The molecule has 3 rings (SSSR count). The summed E-state index contributed by atoms with van der Waals surface area (Å²) in [7, 11) is 5.54. The largest absolute Gasteiger partial charge is 0.501 e. The van der Waals surface area contributed by atoms with Crippen molar-refractivity contribution in [1.29, 1.82) is 0 Å². The molecule has 0 fully saturated rings. The van der Waals surface area contributed by atoms with Crippen molar-refractivity contribution in [2.75, 3.05) is 28.4 Å². The minimum Gasteiger partial charge on any atom is -0.501 e. The van der Waals surface area contributed by atoms with Gasteiger partial charge >= 0.3 is 11.9 Å². The Morgan fingerprint density at radius 1 is 1.09 bits per heavy atom. The zero-order chi connectivity index (χ0) is 23.6. The molecule has 172 valence electrons. The van der Waals surface area contributed by atoms with E-state index in [1.807, 2.05) is 18.2 Å². The van der Waals surface area contributed by atoms with Crippen molar-refractivity contribution in [2.45, 2.75) is 19.4 Å². The number of rotatable bonds is 6. The fourth-order valence-electron chi connectivity index (χ4n) is 4.90. The molecule has 2 aliphatic carbocycles. The van der Waals surface area contributed by atoms with Crippen LogP contribution in [-0.4, -0.2) is 57.2 Å². The first kappa shape index (κ1) is 23.4. The van der Waals surface area contributed by atoms with Crippen molar-refractivity contribution in [1.82, 2.24) is 4.90 Å². The van der Waals surface area contributed by atoms with Crippen molar-refractivity contribution in [3.63, 3.8) is 0 Å². The lowest BCUT2D eigenvalue weighted by Crippen LogP contribution is -2.50. The highest BCUT2D eigenvalue weighted by Gasteiger charge is 2.55. The van der Waals surface area contributed by atoms with E-state index in [0.717, 1.165) is 0 Å². The first-order valence-electron chi connectivity index (χ1n) is 10.3. The molecule has 0 saturated carbocycles. The minimum absolute atomic E-state index is 0.0749. The number of allylic oxidation sites excluding steroid dienone is 3. The monoisotopic (exact) mass is 443 g/mol. The average molecular weight is 443 g/mol. The molecule has 8 nitrogen and oxygen atoms in total. The Bertz CT molecular complexity index is 926. The normalized spacial score (nSPS) is 27.9. The smallest absolute Gasteiger partial charge is 0.327 e.